The first-order valence-corrected chi connectivity index (χ1v) is 10.9. The van der Waals surface area contributed by atoms with Gasteiger partial charge in [-0.05, 0) is 31.3 Å². The SMILES string of the molecule is COCCN1C(=O)[C@H]2CN(C)CCN2C12CCN(C(=O)Nc1ccc(OC)cc1)CC2. The number of ether oxygens (including phenoxy) is 2. The summed E-state index contributed by atoms with van der Waals surface area (Å²) in [7, 11) is 5.35. The van der Waals surface area contributed by atoms with Crippen molar-refractivity contribution in [3.8, 4) is 5.75 Å². The molecule has 1 N–H and O–H groups in total. The largest absolute Gasteiger partial charge is 0.497 e. The lowest BCUT2D eigenvalue weighted by Gasteiger charge is -2.50. The highest BCUT2D eigenvalue weighted by Crippen LogP contribution is 2.41. The third-order valence-corrected chi connectivity index (χ3v) is 6.88. The number of rotatable bonds is 5. The van der Waals surface area contributed by atoms with Crippen LogP contribution in [0.25, 0.3) is 0 Å². The second kappa shape index (κ2) is 9.02. The Morgan fingerprint density at radius 2 is 1.84 bits per heavy atom. The zero-order valence-electron chi connectivity index (χ0n) is 18.7. The summed E-state index contributed by atoms with van der Waals surface area (Å²) in [5.74, 6) is 0.946. The van der Waals surface area contributed by atoms with Crippen molar-refractivity contribution in [2.24, 2.45) is 0 Å². The molecule has 0 saturated carbocycles. The summed E-state index contributed by atoms with van der Waals surface area (Å²) in [6.45, 7) is 4.90. The Balaban J connectivity index is 1.45. The number of urea groups is 1. The number of carbonyl (C=O) groups is 2. The summed E-state index contributed by atoms with van der Waals surface area (Å²) in [5.41, 5.74) is 0.418. The van der Waals surface area contributed by atoms with E-state index in [0.29, 0.717) is 26.2 Å². The molecular weight excluding hydrogens is 398 g/mol. The number of hydrogen-bond donors (Lipinski definition) is 1. The highest BCUT2D eigenvalue weighted by atomic mass is 16.5. The van der Waals surface area contributed by atoms with Gasteiger partial charge in [0.25, 0.3) is 0 Å². The molecule has 1 aromatic rings. The Morgan fingerprint density at radius 3 is 2.48 bits per heavy atom. The quantitative estimate of drug-likeness (QED) is 0.753. The molecule has 0 unspecified atom stereocenters. The molecule has 3 aliphatic heterocycles. The number of fused-ring (bicyclic) bond motifs is 2. The third kappa shape index (κ3) is 4.09. The standard InChI is InChI=1S/C22H33N5O4/c1-24-12-13-26-19(16-24)20(28)27(14-15-30-2)22(26)8-10-25(11-9-22)21(29)23-17-4-6-18(31-3)7-5-17/h4-7,19H,8-16H2,1-3H3,(H,23,29)/t19-/m1/s1. The number of methoxy groups -OCH3 is 2. The second-order valence-electron chi connectivity index (χ2n) is 8.58. The van der Waals surface area contributed by atoms with E-state index in [2.05, 4.69) is 22.2 Å². The van der Waals surface area contributed by atoms with E-state index < -0.39 is 0 Å². The minimum Gasteiger partial charge on any atom is -0.497 e. The Bertz CT molecular complexity index is 794. The van der Waals surface area contributed by atoms with Crippen molar-refractivity contribution >= 4 is 17.6 Å². The molecule has 9 heteroatoms. The first-order chi connectivity index (χ1) is 15.0. The molecule has 1 spiro atoms. The smallest absolute Gasteiger partial charge is 0.321 e. The van der Waals surface area contributed by atoms with Crippen molar-refractivity contribution in [2.75, 3.05) is 72.5 Å². The van der Waals surface area contributed by atoms with Crippen LogP contribution in [0, 0.1) is 0 Å². The fourth-order valence-electron chi connectivity index (χ4n) is 5.17. The van der Waals surface area contributed by atoms with Crippen LogP contribution in [0.3, 0.4) is 0 Å². The zero-order valence-corrected chi connectivity index (χ0v) is 18.7. The van der Waals surface area contributed by atoms with Gasteiger partial charge in [0.05, 0.1) is 13.7 Å². The van der Waals surface area contributed by atoms with Gasteiger partial charge >= 0.3 is 6.03 Å². The predicted octanol–water partition coefficient (Wildman–Crippen LogP) is 1.12. The summed E-state index contributed by atoms with van der Waals surface area (Å²) >= 11 is 0. The van der Waals surface area contributed by atoms with Gasteiger partial charge in [-0.3, -0.25) is 9.69 Å². The van der Waals surface area contributed by atoms with Crippen LogP contribution in [0.1, 0.15) is 12.8 Å². The summed E-state index contributed by atoms with van der Waals surface area (Å²) in [6, 6.07) is 7.11. The molecule has 3 fully saturated rings. The van der Waals surface area contributed by atoms with Crippen LogP contribution in [-0.2, 0) is 9.53 Å². The summed E-state index contributed by atoms with van der Waals surface area (Å²) in [4.78, 5) is 34.6. The topological polar surface area (TPSA) is 77.6 Å². The number of anilines is 1. The highest BCUT2D eigenvalue weighted by molar-refractivity contribution is 5.89. The Hall–Kier alpha value is -2.36. The van der Waals surface area contributed by atoms with E-state index >= 15 is 0 Å². The Kier molecular flexibility index (Phi) is 6.36. The number of piperazine rings is 1. The van der Waals surface area contributed by atoms with Crippen LogP contribution in [0.15, 0.2) is 24.3 Å². The minimum absolute atomic E-state index is 0.102. The second-order valence-corrected chi connectivity index (χ2v) is 8.58. The van der Waals surface area contributed by atoms with Gasteiger partial charge in [-0.25, -0.2) is 4.79 Å². The van der Waals surface area contributed by atoms with E-state index in [-0.39, 0.29) is 23.6 Å². The van der Waals surface area contributed by atoms with E-state index in [1.165, 1.54) is 0 Å². The molecule has 1 aromatic carbocycles. The van der Waals surface area contributed by atoms with Gasteiger partial charge in [-0.2, -0.15) is 0 Å². The number of carbonyl (C=O) groups excluding carboxylic acids is 2. The van der Waals surface area contributed by atoms with Gasteiger partial charge in [0, 0.05) is 64.9 Å². The number of benzene rings is 1. The van der Waals surface area contributed by atoms with Gasteiger partial charge in [-0.15, -0.1) is 0 Å². The molecule has 3 heterocycles. The van der Waals surface area contributed by atoms with Crippen molar-refractivity contribution in [3.05, 3.63) is 24.3 Å². The van der Waals surface area contributed by atoms with Gasteiger partial charge in [0.1, 0.15) is 17.5 Å². The number of piperidine rings is 1. The number of amides is 3. The van der Waals surface area contributed by atoms with Crippen LogP contribution in [0.4, 0.5) is 10.5 Å². The lowest BCUT2D eigenvalue weighted by atomic mass is 9.93. The molecule has 4 rings (SSSR count). The van der Waals surface area contributed by atoms with Crippen molar-refractivity contribution in [1.29, 1.82) is 0 Å². The average Bonchev–Trinajstić information content (AvgIpc) is 3.00. The predicted molar refractivity (Wildman–Crippen MR) is 117 cm³/mol. The molecule has 0 bridgehead atoms. The molecule has 0 radical (unpaired) electrons. The van der Waals surface area contributed by atoms with Crippen LogP contribution < -0.4 is 10.1 Å². The molecule has 1 atom stereocenters. The molecule has 9 nitrogen and oxygen atoms in total. The first-order valence-electron chi connectivity index (χ1n) is 10.9. The summed E-state index contributed by atoms with van der Waals surface area (Å²) in [6.07, 6.45) is 1.50. The number of hydrogen-bond acceptors (Lipinski definition) is 6. The maximum Gasteiger partial charge on any atom is 0.321 e. The molecule has 3 amide bonds. The number of likely N-dealkylation sites (N-methyl/N-ethyl adjacent to an activating group) is 1. The molecule has 170 valence electrons. The average molecular weight is 432 g/mol. The molecule has 0 aromatic heterocycles. The van der Waals surface area contributed by atoms with E-state index in [1.807, 2.05) is 34.1 Å². The number of likely N-dealkylation sites (tertiary alicyclic amines) is 1. The fraction of sp³-hybridized carbons (Fsp3) is 0.636. The summed E-state index contributed by atoms with van der Waals surface area (Å²) in [5, 5.41) is 2.97. The van der Waals surface area contributed by atoms with Gasteiger partial charge in [0.2, 0.25) is 5.91 Å². The Morgan fingerprint density at radius 1 is 1.13 bits per heavy atom. The van der Waals surface area contributed by atoms with Crippen LogP contribution in [-0.4, -0.2) is 110 Å². The van der Waals surface area contributed by atoms with E-state index in [4.69, 9.17) is 9.47 Å². The van der Waals surface area contributed by atoms with Crippen molar-refractivity contribution in [3.63, 3.8) is 0 Å². The molecule has 3 saturated heterocycles. The lowest BCUT2D eigenvalue weighted by Crippen LogP contribution is -2.64. The van der Waals surface area contributed by atoms with Crippen LogP contribution >= 0.6 is 0 Å². The van der Waals surface area contributed by atoms with Crippen molar-refractivity contribution < 1.29 is 19.1 Å². The van der Waals surface area contributed by atoms with Crippen LogP contribution in [0.5, 0.6) is 5.75 Å². The Labute approximate surface area is 183 Å². The van der Waals surface area contributed by atoms with Gasteiger partial charge in [0.15, 0.2) is 0 Å². The minimum atomic E-state index is -0.321. The number of nitrogens with zero attached hydrogens (tertiary/aromatic N) is 4. The van der Waals surface area contributed by atoms with Crippen LogP contribution in [0.2, 0.25) is 0 Å². The monoisotopic (exact) mass is 431 g/mol. The van der Waals surface area contributed by atoms with E-state index in [9.17, 15) is 9.59 Å². The highest BCUT2D eigenvalue weighted by Gasteiger charge is 2.58. The molecule has 31 heavy (non-hydrogen) atoms. The van der Waals surface area contributed by atoms with E-state index in [1.54, 1.807) is 14.2 Å². The first kappa shape index (κ1) is 21.9. The molecule has 0 aliphatic carbocycles. The normalized spacial score (nSPS) is 23.8. The van der Waals surface area contributed by atoms with Gasteiger partial charge in [-0.1, -0.05) is 0 Å². The fourth-order valence-corrected chi connectivity index (χ4v) is 5.17. The van der Waals surface area contributed by atoms with Crippen molar-refractivity contribution in [2.45, 2.75) is 24.5 Å². The number of nitrogens with one attached hydrogen (secondary N) is 1. The maximum absolute atomic E-state index is 13.3. The zero-order chi connectivity index (χ0) is 22.0. The van der Waals surface area contributed by atoms with E-state index in [0.717, 1.165) is 43.9 Å². The maximum atomic E-state index is 13.3. The molecule has 3 aliphatic rings. The molecular formula is C22H33N5O4. The van der Waals surface area contributed by atoms with Gasteiger partial charge < -0.3 is 29.5 Å². The van der Waals surface area contributed by atoms with Crippen molar-refractivity contribution in [1.82, 2.24) is 19.6 Å². The summed E-state index contributed by atoms with van der Waals surface area (Å²) < 4.78 is 10.5. The lowest BCUT2D eigenvalue weighted by molar-refractivity contribution is -0.134. The third-order valence-electron chi connectivity index (χ3n) is 6.88.